The van der Waals surface area contributed by atoms with Crippen molar-refractivity contribution in [3.05, 3.63) is 34.9 Å². The Morgan fingerprint density at radius 2 is 1.96 bits per heavy atom. The van der Waals surface area contributed by atoms with Crippen LogP contribution in [0.15, 0.2) is 24.3 Å². The number of rotatable bonds is 5. The summed E-state index contributed by atoms with van der Waals surface area (Å²) >= 11 is 5.97. The number of benzene rings is 1. The summed E-state index contributed by atoms with van der Waals surface area (Å²) in [6.07, 6.45) is 2.85. The van der Waals surface area contributed by atoms with E-state index in [0.717, 1.165) is 25.9 Å². The lowest BCUT2D eigenvalue weighted by Gasteiger charge is -2.36. The van der Waals surface area contributed by atoms with Crippen molar-refractivity contribution >= 4 is 23.4 Å². The smallest absolute Gasteiger partial charge is 0.254 e. The summed E-state index contributed by atoms with van der Waals surface area (Å²) in [7, 11) is 0. The van der Waals surface area contributed by atoms with E-state index in [4.69, 9.17) is 21.1 Å². The molecule has 7 heteroatoms. The van der Waals surface area contributed by atoms with E-state index in [1.54, 1.807) is 41.0 Å². The molecule has 0 bridgehead atoms. The van der Waals surface area contributed by atoms with Gasteiger partial charge in [0.1, 0.15) is 6.10 Å². The van der Waals surface area contributed by atoms with Crippen molar-refractivity contribution < 1.29 is 19.1 Å². The zero-order valence-electron chi connectivity index (χ0n) is 15.7. The van der Waals surface area contributed by atoms with Gasteiger partial charge in [-0.3, -0.25) is 9.59 Å². The third kappa shape index (κ3) is 5.43. The highest BCUT2D eigenvalue weighted by Crippen LogP contribution is 2.16. The maximum atomic E-state index is 12.6. The number of carbonyl (C=O) groups excluding carboxylic acids is 2. The first kappa shape index (κ1) is 20.1. The summed E-state index contributed by atoms with van der Waals surface area (Å²) in [5, 5.41) is 0.544. The Morgan fingerprint density at radius 1 is 1.22 bits per heavy atom. The van der Waals surface area contributed by atoms with Crippen molar-refractivity contribution in [2.75, 3.05) is 39.4 Å². The predicted octanol–water partition coefficient (Wildman–Crippen LogP) is 2.60. The topological polar surface area (TPSA) is 59.1 Å². The Balaban J connectivity index is 1.45. The zero-order chi connectivity index (χ0) is 19.2. The fourth-order valence-electron chi connectivity index (χ4n) is 3.45. The molecular weight excluding hydrogens is 368 g/mol. The minimum absolute atomic E-state index is 0.0272. The summed E-state index contributed by atoms with van der Waals surface area (Å²) in [6, 6.07) is 6.94. The fraction of sp³-hybridized carbons (Fsp3) is 0.600. The molecule has 148 valence electrons. The van der Waals surface area contributed by atoms with Crippen LogP contribution in [0.4, 0.5) is 0 Å². The Labute approximate surface area is 165 Å². The summed E-state index contributed by atoms with van der Waals surface area (Å²) < 4.78 is 11.4. The van der Waals surface area contributed by atoms with E-state index in [1.165, 1.54) is 0 Å². The highest BCUT2D eigenvalue weighted by atomic mass is 35.5. The number of amides is 2. The molecule has 0 aromatic heterocycles. The number of ether oxygens (including phenoxy) is 2. The molecule has 0 saturated carbocycles. The number of nitrogens with zero attached hydrogens (tertiary/aromatic N) is 2. The highest BCUT2D eigenvalue weighted by molar-refractivity contribution is 6.30. The predicted molar refractivity (Wildman–Crippen MR) is 103 cm³/mol. The van der Waals surface area contributed by atoms with Crippen LogP contribution < -0.4 is 0 Å². The lowest BCUT2D eigenvalue weighted by atomic mass is 10.1. The average Bonchev–Trinajstić information content (AvgIpc) is 2.72. The van der Waals surface area contributed by atoms with E-state index >= 15 is 0 Å². The van der Waals surface area contributed by atoms with E-state index < -0.39 is 6.10 Å². The van der Waals surface area contributed by atoms with Crippen molar-refractivity contribution in [3.63, 3.8) is 0 Å². The maximum absolute atomic E-state index is 12.6. The van der Waals surface area contributed by atoms with Gasteiger partial charge in [-0.2, -0.15) is 0 Å². The fourth-order valence-corrected chi connectivity index (χ4v) is 3.64. The maximum Gasteiger partial charge on any atom is 0.254 e. The van der Waals surface area contributed by atoms with Gasteiger partial charge in [0, 0.05) is 43.4 Å². The van der Waals surface area contributed by atoms with Gasteiger partial charge in [-0.05, 0) is 44.4 Å². The molecule has 0 radical (unpaired) electrons. The molecule has 2 heterocycles. The summed E-state index contributed by atoms with van der Waals surface area (Å²) in [4.78, 5) is 28.7. The summed E-state index contributed by atoms with van der Waals surface area (Å²) in [6.45, 7) is 5.07. The van der Waals surface area contributed by atoms with Crippen LogP contribution in [0.25, 0.3) is 0 Å². The largest absolute Gasteiger partial charge is 0.376 e. The molecule has 1 aromatic rings. The standard InChI is InChI=1S/C20H27ClN2O4/c1-15(27-14-18-7-2-3-12-26-18)19(24)22-8-10-23(11-9-22)20(25)16-5-4-6-17(21)13-16/h4-6,13,15,18H,2-3,7-12,14H2,1H3. The van der Waals surface area contributed by atoms with Gasteiger partial charge in [0.2, 0.25) is 0 Å². The first-order chi connectivity index (χ1) is 13.0. The quantitative estimate of drug-likeness (QED) is 0.770. The molecule has 0 N–H and O–H groups in total. The molecule has 2 aliphatic heterocycles. The van der Waals surface area contributed by atoms with Crippen molar-refractivity contribution in [1.29, 1.82) is 0 Å². The van der Waals surface area contributed by atoms with Crippen LogP contribution in [0, 0.1) is 0 Å². The van der Waals surface area contributed by atoms with Crippen LogP contribution in [-0.4, -0.2) is 73.2 Å². The number of piperazine rings is 1. The second-order valence-electron chi connectivity index (χ2n) is 7.09. The molecule has 27 heavy (non-hydrogen) atoms. The van der Waals surface area contributed by atoms with Gasteiger partial charge in [-0.1, -0.05) is 17.7 Å². The molecule has 2 saturated heterocycles. The molecule has 0 aliphatic carbocycles. The van der Waals surface area contributed by atoms with Crippen molar-refractivity contribution in [2.24, 2.45) is 0 Å². The van der Waals surface area contributed by atoms with Gasteiger partial charge in [-0.15, -0.1) is 0 Å². The Hall–Kier alpha value is -1.63. The van der Waals surface area contributed by atoms with E-state index in [-0.39, 0.29) is 17.9 Å². The number of carbonyl (C=O) groups is 2. The molecule has 2 aliphatic rings. The van der Waals surface area contributed by atoms with Gasteiger partial charge >= 0.3 is 0 Å². The van der Waals surface area contributed by atoms with Gasteiger partial charge in [0.05, 0.1) is 12.7 Å². The molecule has 2 unspecified atom stereocenters. The normalized spacial score (nSPS) is 21.8. The third-order valence-corrected chi connectivity index (χ3v) is 5.34. The van der Waals surface area contributed by atoms with Crippen LogP contribution in [0.3, 0.4) is 0 Å². The SMILES string of the molecule is CC(OCC1CCCCO1)C(=O)N1CCN(C(=O)c2cccc(Cl)c2)CC1. The molecule has 6 nitrogen and oxygen atoms in total. The second-order valence-corrected chi connectivity index (χ2v) is 7.53. The third-order valence-electron chi connectivity index (χ3n) is 5.10. The minimum atomic E-state index is -0.495. The van der Waals surface area contributed by atoms with Crippen LogP contribution in [0.2, 0.25) is 5.02 Å². The van der Waals surface area contributed by atoms with Crippen LogP contribution >= 0.6 is 11.6 Å². The average molecular weight is 395 g/mol. The molecule has 2 atom stereocenters. The molecule has 0 spiro atoms. The first-order valence-electron chi connectivity index (χ1n) is 9.61. The molecule has 1 aromatic carbocycles. The van der Waals surface area contributed by atoms with Crippen LogP contribution in [0.5, 0.6) is 0 Å². The Bertz CT molecular complexity index is 655. The van der Waals surface area contributed by atoms with E-state index in [2.05, 4.69) is 0 Å². The van der Waals surface area contributed by atoms with E-state index in [0.29, 0.717) is 43.4 Å². The van der Waals surface area contributed by atoms with Crippen LogP contribution in [0.1, 0.15) is 36.5 Å². The lowest BCUT2D eigenvalue weighted by molar-refractivity contribution is -0.147. The van der Waals surface area contributed by atoms with E-state index in [9.17, 15) is 9.59 Å². The zero-order valence-corrected chi connectivity index (χ0v) is 16.5. The van der Waals surface area contributed by atoms with E-state index in [1.807, 2.05) is 0 Å². The first-order valence-corrected chi connectivity index (χ1v) is 9.99. The van der Waals surface area contributed by atoms with Gasteiger partial charge in [0.25, 0.3) is 11.8 Å². The monoisotopic (exact) mass is 394 g/mol. The second kappa shape index (κ2) is 9.53. The summed E-state index contributed by atoms with van der Waals surface area (Å²) in [5.74, 6) is -0.0796. The minimum Gasteiger partial charge on any atom is -0.376 e. The highest BCUT2D eigenvalue weighted by Gasteiger charge is 2.28. The molecule has 2 amide bonds. The summed E-state index contributed by atoms with van der Waals surface area (Å²) in [5.41, 5.74) is 0.575. The van der Waals surface area contributed by atoms with Gasteiger partial charge < -0.3 is 19.3 Å². The number of hydrogen-bond donors (Lipinski definition) is 0. The van der Waals surface area contributed by atoms with Crippen molar-refractivity contribution in [2.45, 2.75) is 38.4 Å². The number of halogens is 1. The number of hydrogen-bond acceptors (Lipinski definition) is 4. The molecule has 3 rings (SSSR count). The Morgan fingerprint density at radius 3 is 2.63 bits per heavy atom. The molecular formula is C20H27ClN2O4. The van der Waals surface area contributed by atoms with Crippen LogP contribution in [-0.2, 0) is 14.3 Å². The Kier molecular flexibility index (Phi) is 7.10. The van der Waals surface area contributed by atoms with Gasteiger partial charge in [0.15, 0.2) is 0 Å². The lowest BCUT2D eigenvalue weighted by Crippen LogP contribution is -2.53. The van der Waals surface area contributed by atoms with Crippen molar-refractivity contribution in [1.82, 2.24) is 9.80 Å². The molecule has 2 fully saturated rings. The van der Waals surface area contributed by atoms with Crippen molar-refractivity contribution in [3.8, 4) is 0 Å². The van der Waals surface area contributed by atoms with Gasteiger partial charge in [-0.25, -0.2) is 0 Å².